The lowest BCUT2D eigenvalue weighted by atomic mass is 10.1. The van der Waals surface area contributed by atoms with Gasteiger partial charge in [0, 0.05) is 35.9 Å². The molecule has 1 aliphatic rings. The first kappa shape index (κ1) is 15.0. The van der Waals surface area contributed by atoms with Crippen molar-refractivity contribution in [3.8, 4) is 0 Å². The van der Waals surface area contributed by atoms with Crippen LogP contribution in [-0.4, -0.2) is 24.3 Å². The maximum absolute atomic E-state index is 12.7. The fourth-order valence-electron chi connectivity index (χ4n) is 2.37. The van der Waals surface area contributed by atoms with Gasteiger partial charge in [0.1, 0.15) is 4.90 Å². The topological polar surface area (TPSA) is 50.3 Å². The molecule has 110 valence electrons. The van der Waals surface area contributed by atoms with Crippen LogP contribution in [0.25, 0.3) is 0 Å². The summed E-state index contributed by atoms with van der Waals surface area (Å²) in [6.07, 6.45) is 2.35. The molecule has 0 atom stereocenters. The molecular weight excluding hydrogens is 376 g/mol. The Morgan fingerprint density at radius 2 is 2.10 bits per heavy atom. The van der Waals surface area contributed by atoms with Crippen LogP contribution >= 0.6 is 27.5 Å². The number of nitrogens with zero attached hydrogens (tertiary/aromatic N) is 2. The molecule has 2 aromatic rings. The molecule has 0 saturated carbocycles. The maximum atomic E-state index is 12.7. The molecule has 0 aliphatic carbocycles. The summed E-state index contributed by atoms with van der Waals surface area (Å²) in [4.78, 5) is 4.42. The van der Waals surface area contributed by atoms with Gasteiger partial charge in [0.05, 0.1) is 5.02 Å². The van der Waals surface area contributed by atoms with Gasteiger partial charge in [-0.25, -0.2) is 8.42 Å². The summed E-state index contributed by atoms with van der Waals surface area (Å²) in [5, 5.41) is 0.223. The Morgan fingerprint density at radius 1 is 1.29 bits per heavy atom. The molecular formula is C14H12BrClN2O2S. The molecule has 0 bridgehead atoms. The predicted molar refractivity (Wildman–Crippen MR) is 84.7 cm³/mol. The molecule has 2 heterocycles. The molecule has 1 aromatic heterocycles. The number of halogens is 2. The lowest BCUT2D eigenvalue weighted by Gasteiger charge is -2.27. The van der Waals surface area contributed by atoms with Gasteiger partial charge >= 0.3 is 0 Å². The fraction of sp³-hybridized carbons (Fsp3) is 0.214. The summed E-state index contributed by atoms with van der Waals surface area (Å²) in [5.41, 5.74) is 1.91. The predicted octanol–water partition coefficient (Wildman–Crippen LogP) is 3.24. The molecule has 0 fully saturated rings. The van der Waals surface area contributed by atoms with E-state index in [1.807, 2.05) is 12.1 Å². The highest BCUT2D eigenvalue weighted by molar-refractivity contribution is 9.10. The highest BCUT2D eigenvalue weighted by Gasteiger charge is 2.30. The third-order valence-corrected chi connectivity index (χ3v) is 6.26. The molecule has 0 saturated heterocycles. The van der Waals surface area contributed by atoms with Gasteiger partial charge in [0.25, 0.3) is 0 Å². The van der Waals surface area contributed by atoms with E-state index in [0.29, 0.717) is 19.5 Å². The smallest absolute Gasteiger partial charge is 0.244 e. The first-order valence-electron chi connectivity index (χ1n) is 6.36. The van der Waals surface area contributed by atoms with Crippen molar-refractivity contribution in [2.45, 2.75) is 17.9 Å². The number of hydrogen-bond acceptors (Lipinski definition) is 3. The third kappa shape index (κ3) is 2.85. The fourth-order valence-corrected chi connectivity index (χ4v) is 4.80. The minimum absolute atomic E-state index is 0.139. The SMILES string of the molecule is O=S(=O)(c1ccc(Br)cc1Cl)N1CCc2ncccc2C1. The van der Waals surface area contributed by atoms with Crippen LogP contribution in [0.15, 0.2) is 45.9 Å². The van der Waals surface area contributed by atoms with E-state index in [-0.39, 0.29) is 9.92 Å². The summed E-state index contributed by atoms with van der Waals surface area (Å²) >= 11 is 9.36. The van der Waals surface area contributed by atoms with Crippen LogP contribution in [0.4, 0.5) is 0 Å². The standard InChI is InChI=1S/C14H12BrClN2O2S/c15-11-3-4-14(12(16)8-11)21(19,20)18-7-5-13-10(9-18)2-1-6-17-13/h1-4,6,8H,5,7,9H2. The second-order valence-corrected chi connectivity index (χ2v) is 8.00. The van der Waals surface area contributed by atoms with Crippen molar-refractivity contribution in [1.82, 2.24) is 9.29 Å². The monoisotopic (exact) mass is 386 g/mol. The summed E-state index contributed by atoms with van der Waals surface area (Å²) < 4.78 is 27.7. The molecule has 0 unspecified atom stereocenters. The Balaban J connectivity index is 1.97. The Morgan fingerprint density at radius 3 is 2.86 bits per heavy atom. The highest BCUT2D eigenvalue weighted by atomic mass is 79.9. The highest BCUT2D eigenvalue weighted by Crippen LogP contribution is 2.30. The van der Waals surface area contributed by atoms with Crippen molar-refractivity contribution in [3.63, 3.8) is 0 Å². The zero-order valence-electron chi connectivity index (χ0n) is 11.0. The molecule has 0 N–H and O–H groups in total. The largest absolute Gasteiger partial charge is 0.261 e. The van der Waals surface area contributed by atoms with Crippen LogP contribution in [0.3, 0.4) is 0 Å². The molecule has 1 aliphatic heterocycles. The van der Waals surface area contributed by atoms with Crippen LogP contribution in [0.5, 0.6) is 0 Å². The molecule has 1 aromatic carbocycles. The Labute approximate surface area is 136 Å². The zero-order chi connectivity index (χ0) is 15.0. The summed E-state index contributed by atoms with van der Waals surface area (Å²) in [6, 6.07) is 8.53. The van der Waals surface area contributed by atoms with Gasteiger partial charge in [0.15, 0.2) is 0 Å². The minimum atomic E-state index is -3.60. The Bertz CT molecular complexity index is 795. The maximum Gasteiger partial charge on any atom is 0.244 e. The van der Waals surface area contributed by atoms with Gasteiger partial charge < -0.3 is 0 Å². The first-order chi connectivity index (χ1) is 9.98. The lowest BCUT2D eigenvalue weighted by Crippen LogP contribution is -2.36. The van der Waals surface area contributed by atoms with Crippen molar-refractivity contribution >= 4 is 37.6 Å². The van der Waals surface area contributed by atoms with E-state index in [1.54, 1.807) is 18.3 Å². The van der Waals surface area contributed by atoms with Gasteiger partial charge in [-0.15, -0.1) is 0 Å². The second-order valence-electron chi connectivity index (χ2n) is 4.77. The molecule has 0 radical (unpaired) electrons. The molecule has 7 heteroatoms. The van der Waals surface area contributed by atoms with Crippen LogP contribution in [0.2, 0.25) is 5.02 Å². The number of fused-ring (bicyclic) bond motifs is 1. The van der Waals surface area contributed by atoms with Gasteiger partial charge in [-0.2, -0.15) is 4.31 Å². The number of hydrogen-bond donors (Lipinski definition) is 0. The van der Waals surface area contributed by atoms with Crippen molar-refractivity contribution in [2.75, 3.05) is 6.54 Å². The van der Waals surface area contributed by atoms with Crippen molar-refractivity contribution in [1.29, 1.82) is 0 Å². The van der Waals surface area contributed by atoms with Gasteiger partial charge in [-0.05, 0) is 29.8 Å². The molecule has 4 nitrogen and oxygen atoms in total. The van der Waals surface area contributed by atoms with Crippen molar-refractivity contribution < 1.29 is 8.42 Å². The van der Waals surface area contributed by atoms with Crippen LogP contribution in [0, 0.1) is 0 Å². The number of pyridine rings is 1. The quantitative estimate of drug-likeness (QED) is 0.795. The average molecular weight is 388 g/mol. The van der Waals surface area contributed by atoms with Crippen LogP contribution < -0.4 is 0 Å². The van der Waals surface area contributed by atoms with E-state index < -0.39 is 10.0 Å². The second kappa shape index (κ2) is 5.68. The Hall–Kier alpha value is -0.950. The minimum Gasteiger partial charge on any atom is -0.261 e. The zero-order valence-corrected chi connectivity index (χ0v) is 14.1. The Kier molecular flexibility index (Phi) is 4.05. The third-order valence-electron chi connectivity index (χ3n) is 3.44. The van der Waals surface area contributed by atoms with Gasteiger partial charge in [0.2, 0.25) is 10.0 Å². The van der Waals surface area contributed by atoms with Gasteiger partial charge in [-0.3, -0.25) is 4.98 Å². The molecule has 0 amide bonds. The van der Waals surface area contributed by atoms with Crippen molar-refractivity contribution in [2.24, 2.45) is 0 Å². The van der Waals surface area contributed by atoms with Gasteiger partial charge in [-0.1, -0.05) is 33.6 Å². The molecule has 21 heavy (non-hydrogen) atoms. The molecule has 3 rings (SSSR count). The average Bonchev–Trinajstić information content (AvgIpc) is 2.46. The summed E-state index contributed by atoms with van der Waals surface area (Å²) in [7, 11) is -3.60. The normalized spacial score (nSPS) is 15.7. The summed E-state index contributed by atoms with van der Waals surface area (Å²) in [5.74, 6) is 0. The van der Waals surface area contributed by atoms with Crippen LogP contribution in [-0.2, 0) is 23.0 Å². The number of sulfonamides is 1. The van der Waals surface area contributed by atoms with E-state index in [4.69, 9.17) is 11.6 Å². The number of benzene rings is 1. The van der Waals surface area contributed by atoms with E-state index >= 15 is 0 Å². The van der Waals surface area contributed by atoms with Crippen molar-refractivity contribution in [3.05, 3.63) is 57.3 Å². The van der Waals surface area contributed by atoms with E-state index in [1.165, 1.54) is 10.4 Å². The summed E-state index contributed by atoms with van der Waals surface area (Å²) in [6.45, 7) is 0.747. The number of aromatic nitrogens is 1. The van der Waals surface area contributed by atoms with E-state index in [9.17, 15) is 8.42 Å². The molecule has 0 spiro atoms. The first-order valence-corrected chi connectivity index (χ1v) is 8.97. The number of rotatable bonds is 2. The lowest BCUT2D eigenvalue weighted by molar-refractivity contribution is 0.388. The van der Waals surface area contributed by atoms with E-state index in [0.717, 1.165) is 15.7 Å². The van der Waals surface area contributed by atoms with Crippen LogP contribution in [0.1, 0.15) is 11.3 Å². The van der Waals surface area contributed by atoms with E-state index in [2.05, 4.69) is 20.9 Å².